The van der Waals surface area contributed by atoms with Gasteiger partial charge in [-0.25, -0.2) is 0 Å². The molecule has 1 unspecified atom stereocenters. The van der Waals surface area contributed by atoms with E-state index in [1.54, 1.807) is 0 Å². The molecule has 0 heterocycles. The number of hydrogen-bond donors (Lipinski definition) is 1. The van der Waals surface area contributed by atoms with Crippen molar-refractivity contribution in [2.75, 3.05) is 0 Å². The van der Waals surface area contributed by atoms with Gasteiger partial charge >= 0.3 is 5.97 Å². The van der Waals surface area contributed by atoms with Gasteiger partial charge in [0, 0.05) is 5.92 Å². The van der Waals surface area contributed by atoms with E-state index in [1.165, 1.54) is 5.57 Å². The summed E-state index contributed by atoms with van der Waals surface area (Å²) in [6, 6.07) is 9.95. The fraction of sp³-hybridized carbons (Fsp3) is 0.357. The predicted octanol–water partition coefficient (Wildman–Crippen LogP) is 3.36. The number of carboxylic acid groups (broad SMARTS) is 1. The van der Waals surface area contributed by atoms with Crippen molar-refractivity contribution in [3.63, 3.8) is 0 Å². The molecule has 0 saturated heterocycles. The minimum absolute atomic E-state index is 0.0706. The molecule has 1 aromatic carbocycles. The van der Waals surface area contributed by atoms with Crippen LogP contribution >= 0.6 is 0 Å². The third-order valence-corrected chi connectivity index (χ3v) is 3.10. The Morgan fingerprint density at radius 3 is 2.62 bits per heavy atom. The first kappa shape index (κ1) is 10.9. The summed E-state index contributed by atoms with van der Waals surface area (Å²) in [5.74, 6) is -0.650. The quantitative estimate of drug-likeness (QED) is 0.783. The van der Waals surface area contributed by atoms with Crippen LogP contribution < -0.4 is 0 Å². The lowest BCUT2D eigenvalue weighted by Crippen LogP contribution is -2.08. The van der Waals surface area contributed by atoms with Gasteiger partial charge in [-0.2, -0.15) is 0 Å². The maximum atomic E-state index is 10.9. The smallest absolute Gasteiger partial charge is 0.304 e. The number of carbonyl (C=O) groups is 1. The van der Waals surface area contributed by atoms with E-state index in [1.807, 2.05) is 30.3 Å². The summed E-state index contributed by atoms with van der Waals surface area (Å²) < 4.78 is 0. The van der Waals surface area contributed by atoms with Gasteiger partial charge in [-0.15, -0.1) is 0 Å². The Morgan fingerprint density at radius 2 is 2.06 bits per heavy atom. The highest BCUT2D eigenvalue weighted by molar-refractivity contribution is 5.69. The van der Waals surface area contributed by atoms with Gasteiger partial charge in [-0.3, -0.25) is 4.79 Å². The molecular formula is C14H16O2. The molecule has 2 nitrogen and oxygen atoms in total. The Labute approximate surface area is 95.6 Å². The number of hydrogen-bond acceptors (Lipinski definition) is 1. The second-order valence-electron chi connectivity index (χ2n) is 4.23. The number of carboxylic acids is 1. The van der Waals surface area contributed by atoms with E-state index in [2.05, 4.69) is 6.08 Å². The lowest BCUT2D eigenvalue weighted by Gasteiger charge is -2.16. The van der Waals surface area contributed by atoms with Gasteiger partial charge in [0.2, 0.25) is 0 Å². The molecule has 1 N–H and O–H groups in total. The molecule has 2 heteroatoms. The minimum Gasteiger partial charge on any atom is -0.481 e. The van der Waals surface area contributed by atoms with Crippen LogP contribution in [0.15, 0.2) is 42.0 Å². The number of benzene rings is 1. The standard InChI is InChI=1S/C14H16O2/c15-14(16)10-13(12-8-4-5-9-12)11-6-2-1-3-7-11/h1-3,6-8,13H,4-5,9-10H2,(H,15,16). The van der Waals surface area contributed by atoms with Crippen molar-refractivity contribution >= 4 is 5.97 Å². The highest BCUT2D eigenvalue weighted by atomic mass is 16.4. The van der Waals surface area contributed by atoms with Gasteiger partial charge in [0.05, 0.1) is 6.42 Å². The van der Waals surface area contributed by atoms with E-state index < -0.39 is 5.97 Å². The van der Waals surface area contributed by atoms with Crippen molar-refractivity contribution in [1.82, 2.24) is 0 Å². The summed E-state index contributed by atoms with van der Waals surface area (Å²) in [6.45, 7) is 0. The maximum absolute atomic E-state index is 10.9. The average molecular weight is 216 g/mol. The first-order valence-corrected chi connectivity index (χ1v) is 5.73. The highest BCUT2D eigenvalue weighted by Gasteiger charge is 2.21. The number of rotatable bonds is 4. The zero-order valence-electron chi connectivity index (χ0n) is 9.23. The van der Waals surface area contributed by atoms with Crippen LogP contribution in [0.3, 0.4) is 0 Å². The lowest BCUT2D eigenvalue weighted by atomic mass is 9.88. The molecule has 2 rings (SSSR count). The van der Waals surface area contributed by atoms with Crippen molar-refractivity contribution in [3.05, 3.63) is 47.5 Å². The van der Waals surface area contributed by atoms with Gasteiger partial charge in [0.25, 0.3) is 0 Å². The third-order valence-electron chi connectivity index (χ3n) is 3.10. The Hall–Kier alpha value is -1.57. The Kier molecular flexibility index (Phi) is 3.40. The molecule has 16 heavy (non-hydrogen) atoms. The van der Waals surface area contributed by atoms with Crippen LogP contribution in [-0.2, 0) is 4.79 Å². The normalized spacial score (nSPS) is 16.9. The van der Waals surface area contributed by atoms with E-state index in [9.17, 15) is 4.79 Å². The molecule has 84 valence electrons. The molecule has 1 aliphatic rings. The van der Waals surface area contributed by atoms with Crippen LogP contribution in [-0.4, -0.2) is 11.1 Å². The summed E-state index contributed by atoms with van der Waals surface area (Å²) in [5.41, 5.74) is 2.42. The molecule has 0 aromatic heterocycles. The number of aliphatic carboxylic acids is 1. The van der Waals surface area contributed by atoms with Crippen molar-refractivity contribution in [1.29, 1.82) is 0 Å². The molecule has 0 fully saturated rings. The van der Waals surface area contributed by atoms with Crippen molar-refractivity contribution in [2.24, 2.45) is 0 Å². The molecule has 1 atom stereocenters. The van der Waals surface area contributed by atoms with Crippen LogP contribution in [0.4, 0.5) is 0 Å². The van der Waals surface area contributed by atoms with Crippen LogP contribution in [0.25, 0.3) is 0 Å². The molecule has 0 spiro atoms. The first-order chi connectivity index (χ1) is 7.77. The molecule has 0 aliphatic heterocycles. The van der Waals surface area contributed by atoms with Gasteiger partial charge < -0.3 is 5.11 Å². The van der Waals surface area contributed by atoms with Gasteiger partial charge in [-0.05, 0) is 24.8 Å². The zero-order valence-corrected chi connectivity index (χ0v) is 9.23. The third kappa shape index (κ3) is 2.51. The van der Waals surface area contributed by atoms with Gasteiger partial charge in [-0.1, -0.05) is 42.0 Å². The van der Waals surface area contributed by atoms with Gasteiger partial charge in [0.15, 0.2) is 0 Å². The average Bonchev–Trinajstić information content (AvgIpc) is 2.80. The second-order valence-corrected chi connectivity index (χ2v) is 4.23. The van der Waals surface area contributed by atoms with Crippen LogP contribution in [0.5, 0.6) is 0 Å². The molecule has 0 radical (unpaired) electrons. The summed E-state index contributed by atoms with van der Waals surface area (Å²) in [4.78, 5) is 10.9. The molecule has 1 aliphatic carbocycles. The fourth-order valence-corrected chi connectivity index (χ4v) is 2.34. The van der Waals surface area contributed by atoms with Gasteiger partial charge in [0.1, 0.15) is 0 Å². The summed E-state index contributed by atoms with van der Waals surface area (Å²) in [5, 5.41) is 8.98. The van der Waals surface area contributed by atoms with Crippen molar-refractivity contribution < 1.29 is 9.90 Å². The lowest BCUT2D eigenvalue weighted by molar-refractivity contribution is -0.137. The first-order valence-electron chi connectivity index (χ1n) is 5.73. The monoisotopic (exact) mass is 216 g/mol. The van der Waals surface area contributed by atoms with Crippen molar-refractivity contribution in [3.8, 4) is 0 Å². The second kappa shape index (κ2) is 4.97. The molecule has 0 saturated carbocycles. The number of allylic oxidation sites excluding steroid dienone is 2. The van der Waals surface area contributed by atoms with E-state index in [4.69, 9.17) is 5.11 Å². The van der Waals surface area contributed by atoms with Crippen LogP contribution in [0.2, 0.25) is 0 Å². The molecule has 1 aromatic rings. The summed E-state index contributed by atoms with van der Waals surface area (Å²) >= 11 is 0. The Morgan fingerprint density at radius 1 is 1.31 bits per heavy atom. The Bertz CT molecular complexity index is 392. The minimum atomic E-state index is -0.721. The van der Waals surface area contributed by atoms with E-state index in [-0.39, 0.29) is 12.3 Å². The molecule has 0 amide bonds. The summed E-state index contributed by atoms with van der Waals surface area (Å²) in [7, 11) is 0. The largest absolute Gasteiger partial charge is 0.481 e. The highest BCUT2D eigenvalue weighted by Crippen LogP contribution is 2.34. The fourth-order valence-electron chi connectivity index (χ4n) is 2.34. The van der Waals surface area contributed by atoms with E-state index >= 15 is 0 Å². The van der Waals surface area contributed by atoms with Crippen LogP contribution in [0, 0.1) is 0 Å². The molecular weight excluding hydrogens is 200 g/mol. The Balaban J connectivity index is 2.24. The maximum Gasteiger partial charge on any atom is 0.304 e. The van der Waals surface area contributed by atoms with E-state index in [0.717, 1.165) is 24.8 Å². The zero-order chi connectivity index (χ0) is 11.4. The van der Waals surface area contributed by atoms with E-state index in [0.29, 0.717) is 0 Å². The predicted molar refractivity (Wildman–Crippen MR) is 63.4 cm³/mol. The molecule has 0 bridgehead atoms. The topological polar surface area (TPSA) is 37.3 Å². The van der Waals surface area contributed by atoms with Crippen LogP contribution in [0.1, 0.15) is 37.2 Å². The summed E-state index contributed by atoms with van der Waals surface area (Å²) in [6.07, 6.45) is 5.72. The van der Waals surface area contributed by atoms with Crippen molar-refractivity contribution in [2.45, 2.75) is 31.6 Å². The SMILES string of the molecule is O=C(O)CC(C1=CCCC1)c1ccccc1.